The molecule has 35 heavy (non-hydrogen) atoms. The number of nitrogens with one attached hydrogen (secondary N) is 1. The Hall–Kier alpha value is -3.75. The van der Waals surface area contributed by atoms with Gasteiger partial charge in [0, 0.05) is 36.7 Å². The number of rotatable bonds is 5. The number of carbonyl (C=O) groups is 1. The lowest BCUT2D eigenvalue weighted by Crippen LogP contribution is -2.30. The summed E-state index contributed by atoms with van der Waals surface area (Å²) in [5.74, 6) is -0.519. The van der Waals surface area contributed by atoms with Gasteiger partial charge in [0.05, 0.1) is 22.9 Å². The Bertz CT molecular complexity index is 1280. The molecule has 0 aliphatic carbocycles. The fourth-order valence-electron chi connectivity index (χ4n) is 4.27. The fourth-order valence-corrected chi connectivity index (χ4v) is 4.27. The minimum Gasteiger partial charge on any atom is -0.399 e. The summed E-state index contributed by atoms with van der Waals surface area (Å²) in [7, 11) is 0. The third kappa shape index (κ3) is 5.67. The van der Waals surface area contributed by atoms with Crippen LogP contribution in [0.2, 0.25) is 0 Å². The predicted octanol–water partition coefficient (Wildman–Crippen LogP) is 4.92. The number of aromatic nitrogens is 1. The van der Waals surface area contributed by atoms with E-state index >= 15 is 0 Å². The predicted molar refractivity (Wildman–Crippen MR) is 130 cm³/mol. The van der Waals surface area contributed by atoms with E-state index in [9.17, 15) is 22.8 Å². The number of carbonyl (C=O) groups excluding carboxylic acids is 1. The van der Waals surface area contributed by atoms with E-state index in [0.29, 0.717) is 5.69 Å². The number of amides is 1. The van der Waals surface area contributed by atoms with Gasteiger partial charge >= 0.3 is 6.18 Å². The van der Waals surface area contributed by atoms with Crippen molar-refractivity contribution in [2.75, 3.05) is 23.7 Å². The number of pyridine rings is 1. The van der Waals surface area contributed by atoms with E-state index < -0.39 is 23.7 Å². The van der Waals surface area contributed by atoms with Crippen LogP contribution in [0.1, 0.15) is 53.7 Å². The van der Waals surface area contributed by atoms with Crippen molar-refractivity contribution in [1.82, 2.24) is 9.88 Å². The average Bonchev–Trinajstić information content (AvgIpc) is 2.84. The van der Waals surface area contributed by atoms with E-state index in [1.165, 1.54) is 35.4 Å². The second-order valence-corrected chi connectivity index (χ2v) is 8.77. The Morgan fingerprint density at radius 1 is 1.00 bits per heavy atom. The standard InChI is InChI=1S/C26H27F3N4O2/c1-17(19-12-20(26(27,28)29)14-21(30)13-19)31-25(35)18-8-9-24(34)33(16-18)23-7-5-6-22(15-23)32-10-3-2-4-11-32/h5-9,12-17H,2-4,10-11,30H2,1H3,(H,31,35). The smallest absolute Gasteiger partial charge is 0.399 e. The van der Waals surface area contributed by atoms with Crippen LogP contribution in [0.25, 0.3) is 5.69 Å². The first-order valence-electron chi connectivity index (χ1n) is 11.5. The number of anilines is 2. The minimum absolute atomic E-state index is 0.0435. The van der Waals surface area contributed by atoms with Gasteiger partial charge in [-0.15, -0.1) is 0 Å². The van der Waals surface area contributed by atoms with E-state index in [-0.39, 0.29) is 22.4 Å². The molecular formula is C26H27F3N4O2. The van der Waals surface area contributed by atoms with Crippen LogP contribution in [-0.2, 0) is 6.18 Å². The monoisotopic (exact) mass is 484 g/mol. The highest BCUT2D eigenvalue weighted by Crippen LogP contribution is 2.32. The third-order valence-corrected chi connectivity index (χ3v) is 6.15. The van der Waals surface area contributed by atoms with Crippen LogP contribution in [0.4, 0.5) is 24.5 Å². The number of piperidine rings is 1. The van der Waals surface area contributed by atoms with Crippen LogP contribution < -0.4 is 21.5 Å². The molecule has 1 aliphatic rings. The van der Waals surface area contributed by atoms with Crippen molar-refractivity contribution in [3.05, 3.63) is 87.8 Å². The number of hydrogen-bond donors (Lipinski definition) is 2. The molecule has 0 radical (unpaired) electrons. The highest BCUT2D eigenvalue weighted by molar-refractivity contribution is 5.94. The van der Waals surface area contributed by atoms with Gasteiger partial charge in [-0.3, -0.25) is 14.2 Å². The van der Waals surface area contributed by atoms with Gasteiger partial charge in [-0.25, -0.2) is 0 Å². The minimum atomic E-state index is -4.55. The van der Waals surface area contributed by atoms with Gasteiger partial charge in [0.25, 0.3) is 11.5 Å². The first-order valence-corrected chi connectivity index (χ1v) is 11.5. The zero-order valence-corrected chi connectivity index (χ0v) is 19.3. The van der Waals surface area contributed by atoms with Crippen molar-refractivity contribution in [1.29, 1.82) is 0 Å². The lowest BCUT2D eigenvalue weighted by atomic mass is 10.0. The zero-order chi connectivity index (χ0) is 25.2. The molecular weight excluding hydrogens is 457 g/mol. The van der Waals surface area contributed by atoms with Crippen LogP contribution >= 0.6 is 0 Å². The van der Waals surface area contributed by atoms with Crippen LogP contribution in [0, 0.1) is 0 Å². The number of hydrogen-bond acceptors (Lipinski definition) is 4. The average molecular weight is 485 g/mol. The molecule has 9 heteroatoms. The van der Waals surface area contributed by atoms with Gasteiger partial charge in [0.15, 0.2) is 0 Å². The quantitative estimate of drug-likeness (QED) is 0.504. The SMILES string of the molecule is CC(NC(=O)c1ccc(=O)n(-c2cccc(N3CCCCC3)c2)c1)c1cc(N)cc(C(F)(F)F)c1. The summed E-state index contributed by atoms with van der Waals surface area (Å²) < 4.78 is 40.9. The molecule has 0 bridgehead atoms. The molecule has 1 fully saturated rings. The maximum Gasteiger partial charge on any atom is 0.416 e. The topological polar surface area (TPSA) is 80.4 Å². The van der Waals surface area contributed by atoms with Crippen LogP contribution in [0.3, 0.4) is 0 Å². The number of halogens is 3. The lowest BCUT2D eigenvalue weighted by molar-refractivity contribution is -0.137. The molecule has 2 aromatic carbocycles. The summed E-state index contributed by atoms with van der Waals surface area (Å²) in [6.07, 6.45) is 0.343. The molecule has 1 unspecified atom stereocenters. The molecule has 0 saturated carbocycles. The Kier molecular flexibility index (Phi) is 6.86. The molecule has 1 atom stereocenters. The summed E-state index contributed by atoms with van der Waals surface area (Å²) in [5, 5.41) is 2.69. The summed E-state index contributed by atoms with van der Waals surface area (Å²) in [6.45, 7) is 3.49. The largest absolute Gasteiger partial charge is 0.416 e. The van der Waals surface area contributed by atoms with Gasteiger partial charge < -0.3 is 16.0 Å². The molecule has 2 heterocycles. The van der Waals surface area contributed by atoms with E-state index in [4.69, 9.17) is 5.73 Å². The van der Waals surface area contributed by atoms with Crippen molar-refractivity contribution in [2.24, 2.45) is 0 Å². The van der Waals surface area contributed by atoms with Crippen LogP contribution in [0.5, 0.6) is 0 Å². The Morgan fingerprint density at radius 3 is 2.43 bits per heavy atom. The fraction of sp³-hybridized carbons (Fsp3) is 0.308. The molecule has 3 N–H and O–H groups in total. The van der Waals surface area contributed by atoms with Crippen LogP contribution in [-0.4, -0.2) is 23.6 Å². The van der Waals surface area contributed by atoms with Crippen molar-refractivity contribution < 1.29 is 18.0 Å². The molecule has 3 aromatic rings. The zero-order valence-electron chi connectivity index (χ0n) is 19.3. The van der Waals surface area contributed by atoms with Crippen molar-refractivity contribution in [2.45, 2.75) is 38.4 Å². The van der Waals surface area contributed by atoms with E-state index in [2.05, 4.69) is 10.2 Å². The van der Waals surface area contributed by atoms with Gasteiger partial charge in [-0.2, -0.15) is 13.2 Å². The molecule has 184 valence electrons. The maximum atomic E-state index is 13.2. The number of nitrogens with zero attached hydrogens (tertiary/aromatic N) is 2. The van der Waals surface area contributed by atoms with Gasteiger partial charge in [0.2, 0.25) is 0 Å². The first kappa shape index (κ1) is 24.4. The highest BCUT2D eigenvalue weighted by atomic mass is 19.4. The summed E-state index contributed by atoms with van der Waals surface area (Å²) in [4.78, 5) is 27.8. The van der Waals surface area contributed by atoms with E-state index in [0.717, 1.165) is 43.8 Å². The van der Waals surface area contributed by atoms with E-state index in [1.807, 2.05) is 18.2 Å². The second-order valence-electron chi connectivity index (χ2n) is 8.77. The normalized spacial score (nSPS) is 15.0. The summed E-state index contributed by atoms with van der Waals surface area (Å²) in [5.41, 5.74) is 6.51. The van der Waals surface area contributed by atoms with Crippen LogP contribution in [0.15, 0.2) is 65.6 Å². The number of benzene rings is 2. The van der Waals surface area contributed by atoms with Crippen molar-refractivity contribution in [3.63, 3.8) is 0 Å². The molecule has 1 saturated heterocycles. The molecule has 1 amide bonds. The molecule has 0 spiro atoms. The molecule has 1 aromatic heterocycles. The van der Waals surface area contributed by atoms with E-state index in [1.54, 1.807) is 13.0 Å². The van der Waals surface area contributed by atoms with Gasteiger partial charge in [-0.05, 0) is 74.2 Å². The number of alkyl halides is 3. The summed E-state index contributed by atoms with van der Waals surface area (Å²) >= 11 is 0. The highest BCUT2D eigenvalue weighted by Gasteiger charge is 2.31. The Balaban J connectivity index is 1.57. The third-order valence-electron chi connectivity index (χ3n) is 6.15. The molecule has 4 rings (SSSR count). The van der Waals surface area contributed by atoms with Gasteiger partial charge in [-0.1, -0.05) is 6.07 Å². The Labute approximate surface area is 201 Å². The van der Waals surface area contributed by atoms with Crippen molar-refractivity contribution in [3.8, 4) is 5.69 Å². The molecule has 1 aliphatic heterocycles. The second kappa shape index (κ2) is 9.85. The number of nitrogens with two attached hydrogens (primary N) is 1. The Morgan fingerprint density at radius 2 is 1.71 bits per heavy atom. The summed E-state index contributed by atoms with van der Waals surface area (Å²) in [6, 6.07) is 12.8. The maximum absolute atomic E-state index is 13.2. The van der Waals surface area contributed by atoms with Crippen molar-refractivity contribution >= 4 is 17.3 Å². The number of nitrogen functional groups attached to an aromatic ring is 1. The first-order chi connectivity index (χ1) is 16.6. The lowest BCUT2D eigenvalue weighted by Gasteiger charge is -2.29. The molecule has 6 nitrogen and oxygen atoms in total. The van der Waals surface area contributed by atoms with Gasteiger partial charge in [0.1, 0.15) is 0 Å².